The third-order valence-electron chi connectivity index (χ3n) is 3.02. The van der Waals surface area contributed by atoms with E-state index in [9.17, 15) is 10.2 Å². The second-order valence-electron chi connectivity index (χ2n) is 4.47. The van der Waals surface area contributed by atoms with Crippen molar-refractivity contribution in [2.45, 2.75) is 13.5 Å². The minimum Gasteiger partial charge on any atom is -0.508 e. The number of anilines is 1. The van der Waals surface area contributed by atoms with Crippen LogP contribution in [0.2, 0.25) is 5.02 Å². The Bertz CT molecular complexity index is 629. The summed E-state index contributed by atoms with van der Waals surface area (Å²) in [7, 11) is 1.48. The van der Waals surface area contributed by atoms with E-state index in [0.717, 1.165) is 11.3 Å². The van der Waals surface area contributed by atoms with Crippen molar-refractivity contribution in [1.82, 2.24) is 0 Å². The molecule has 4 nitrogen and oxygen atoms in total. The van der Waals surface area contributed by atoms with Gasteiger partial charge in [-0.25, -0.2) is 0 Å². The Morgan fingerprint density at radius 1 is 1.20 bits per heavy atom. The number of aromatic hydroxyl groups is 2. The molecule has 0 aliphatic rings. The Morgan fingerprint density at radius 2 is 1.95 bits per heavy atom. The summed E-state index contributed by atoms with van der Waals surface area (Å²) in [5, 5.41) is 23.1. The van der Waals surface area contributed by atoms with Gasteiger partial charge in [0.15, 0.2) is 11.5 Å². The zero-order chi connectivity index (χ0) is 14.7. The molecule has 2 aromatic rings. The van der Waals surface area contributed by atoms with Gasteiger partial charge < -0.3 is 20.3 Å². The lowest BCUT2D eigenvalue weighted by molar-refractivity contribution is 0.371. The summed E-state index contributed by atoms with van der Waals surface area (Å²) in [4.78, 5) is 0. The van der Waals surface area contributed by atoms with Crippen LogP contribution in [0.5, 0.6) is 17.2 Å². The molecule has 0 aromatic heterocycles. The number of halogens is 1. The second kappa shape index (κ2) is 5.92. The van der Waals surface area contributed by atoms with E-state index in [1.807, 2.05) is 6.92 Å². The summed E-state index contributed by atoms with van der Waals surface area (Å²) in [5.41, 5.74) is 2.43. The number of ether oxygens (including phenoxy) is 1. The molecule has 0 saturated heterocycles. The van der Waals surface area contributed by atoms with E-state index in [4.69, 9.17) is 16.3 Å². The summed E-state index contributed by atoms with van der Waals surface area (Å²) < 4.78 is 5.06. The molecule has 0 heterocycles. The average Bonchev–Trinajstić information content (AvgIpc) is 2.41. The van der Waals surface area contributed by atoms with Gasteiger partial charge in [0.05, 0.1) is 7.11 Å². The van der Waals surface area contributed by atoms with Crippen LogP contribution < -0.4 is 10.1 Å². The van der Waals surface area contributed by atoms with Crippen LogP contribution in [-0.4, -0.2) is 17.3 Å². The minimum absolute atomic E-state index is 0.0702. The van der Waals surface area contributed by atoms with E-state index >= 15 is 0 Å². The summed E-state index contributed by atoms with van der Waals surface area (Å²) in [6.07, 6.45) is 0. The van der Waals surface area contributed by atoms with E-state index < -0.39 is 0 Å². The van der Waals surface area contributed by atoms with Crippen molar-refractivity contribution in [3.63, 3.8) is 0 Å². The molecule has 0 atom stereocenters. The smallest absolute Gasteiger partial charge is 0.162 e. The van der Waals surface area contributed by atoms with Crippen LogP contribution in [0.15, 0.2) is 30.3 Å². The van der Waals surface area contributed by atoms with Crippen molar-refractivity contribution in [1.29, 1.82) is 0 Å². The standard InChI is InChI=1S/C15H16ClNO3/c1-9-5-12(18)3-4-13(9)17-8-10-6-11(16)7-14(20-2)15(10)19/h3-7,17-19H,8H2,1-2H3. The Hall–Kier alpha value is -2.07. The maximum Gasteiger partial charge on any atom is 0.162 e. The molecule has 3 N–H and O–H groups in total. The monoisotopic (exact) mass is 293 g/mol. The van der Waals surface area contributed by atoms with Crippen LogP contribution in [0.25, 0.3) is 0 Å². The van der Waals surface area contributed by atoms with E-state index in [-0.39, 0.29) is 11.5 Å². The van der Waals surface area contributed by atoms with Crippen LogP contribution in [0.1, 0.15) is 11.1 Å². The normalized spacial score (nSPS) is 10.3. The predicted octanol–water partition coefficient (Wildman–Crippen LogP) is 3.68. The first-order chi connectivity index (χ1) is 9.51. The lowest BCUT2D eigenvalue weighted by Gasteiger charge is -2.13. The minimum atomic E-state index is 0.0702. The van der Waals surface area contributed by atoms with Crippen LogP contribution in [0.4, 0.5) is 5.69 Å². The third-order valence-corrected chi connectivity index (χ3v) is 3.24. The number of rotatable bonds is 4. The van der Waals surface area contributed by atoms with Crippen molar-refractivity contribution in [3.8, 4) is 17.2 Å². The zero-order valence-electron chi connectivity index (χ0n) is 11.3. The molecule has 5 heteroatoms. The fraction of sp³-hybridized carbons (Fsp3) is 0.200. The van der Waals surface area contributed by atoms with Gasteiger partial charge in [-0.1, -0.05) is 11.6 Å². The fourth-order valence-electron chi connectivity index (χ4n) is 1.96. The van der Waals surface area contributed by atoms with Gasteiger partial charge in [0.1, 0.15) is 5.75 Å². The molecule has 0 bridgehead atoms. The van der Waals surface area contributed by atoms with Gasteiger partial charge in [-0.3, -0.25) is 0 Å². The van der Waals surface area contributed by atoms with Crippen molar-refractivity contribution in [3.05, 3.63) is 46.5 Å². The topological polar surface area (TPSA) is 61.7 Å². The fourth-order valence-corrected chi connectivity index (χ4v) is 2.19. The van der Waals surface area contributed by atoms with Gasteiger partial charge in [0.2, 0.25) is 0 Å². The van der Waals surface area contributed by atoms with E-state index in [1.165, 1.54) is 7.11 Å². The summed E-state index contributed by atoms with van der Waals surface area (Å²) in [6.45, 7) is 2.29. The average molecular weight is 294 g/mol. The van der Waals surface area contributed by atoms with Gasteiger partial charge in [0, 0.05) is 28.9 Å². The molecule has 0 spiro atoms. The van der Waals surface area contributed by atoms with Crippen molar-refractivity contribution in [2.24, 2.45) is 0 Å². The second-order valence-corrected chi connectivity index (χ2v) is 4.90. The largest absolute Gasteiger partial charge is 0.508 e. The van der Waals surface area contributed by atoms with Crippen LogP contribution in [0, 0.1) is 6.92 Å². The van der Waals surface area contributed by atoms with Gasteiger partial charge in [-0.15, -0.1) is 0 Å². The molecule has 0 amide bonds. The lowest BCUT2D eigenvalue weighted by Crippen LogP contribution is -2.02. The van der Waals surface area contributed by atoms with Crippen molar-refractivity contribution < 1.29 is 14.9 Å². The number of phenolic OH excluding ortho intramolecular Hbond substituents is 2. The van der Waals surface area contributed by atoms with E-state index in [1.54, 1.807) is 30.3 Å². The first-order valence-corrected chi connectivity index (χ1v) is 6.48. The highest BCUT2D eigenvalue weighted by molar-refractivity contribution is 6.30. The highest BCUT2D eigenvalue weighted by atomic mass is 35.5. The summed E-state index contributed by atoms with van der Waals surface area (Å²) in [6, 6.07) is 8.30. The van der Waals surface area contributed by atoms with E-state index in [0.29, 0.717) is 22.9 Å². The lowest BCUT2D eigenvalue weighted by atomic mass is 10.1. The van der Waals surface area contributed by atoms with Gasteiger partial charge in [0.25, 0.3) is 0 Å². The number of phenols is 2. The third kappa shape index (κ3) is 3.08. The number of nitrogens with one attached hydrogen (secondary N) is 1. The summed E-state index contributed by atoms with van der Waals surface area (Å²) >= 11 is 5.98. The molecule has 0 aliphatic carbocycles. The van der Waals surface area contributed by atoms with E-state index in [2.05, 4.69) is 5.32 Å². The molecule has 0 radical (unpaired) electrons. The zero-order valence-corrected chi connectivity index (χ0v) is 12.0. The molecule has 2 aromatic carbocycles. The number of aryl methyl sites for hydroxylation is 1. The molecule has 20 heavy (non-hydrogen) atoms. The molecule has 106 valence electrons. The molecule has 0 saturated carbocycles. The highest BCUT2D eigenvalue weighted by Crippen LogP contribution is 2.34. The Labute approximate surface area is 122 Å². The molecule has 0 fully saturated rings. The van der Waals surface area contributed by atoms with Crippen molar-refractivity contribution in [2.75, 3.05) is 12.4 Å². The molecule has 0 unspecified atom stereocenters. The number of methoxy groups -OCH3 is 1. The predicted molar refractivity (Wildman–Crippen MR) is 79.8 cm³/mol. The molecule has 0 aliphatic heterocycles. The SMILES string of the molecule is COc1cc(Cl)cc(CNc2ccc(O)cc2C)c1O. The quantitative estimate of drug-likeness (QED) is 0.753. The molecular formula is C15H16ClNO3. The first kappa shape index (κ1) is 14.3. The Morgan fingerprint density at radius 3 is 2.60 bits per heavy atom. The highest BCUT2D eigenvalue weighted by Gasteiger charge is 2.10. The van der Waals surface area contributed by atoms with Gasteiger partial charge >= 0.3 is 0 Å². The molecular weight excluding hydrogens is 278 g/mol. The van der Waals surface area contributed by atoms with Crippen LogP contribution >= 0.6 is 11.6 Å². The Kier molecular flexibility index (Phi) is 4.25. The molecule has 2 rings (SSSR count). The number of hydrogen-bond acceptors (Lipinski definition) is 4. The first-order valence-electron chi connectivity index (χ1n) is 6.10. The number of benzene rings is 2. The Balaban J connectivity index is 2.20. The number of hydrogen-bond donors (Lipinski definition) is 3. The van der Waals surface area contributed by atoms with Crippen molar-refractivity contribution >= 4 is 17.3 Å². The summed E-state index contributed by atoms with van der Waals surface area (Å²) in [5.74, 6) is 0.637. The maximum absolute atomic E-state index is 10.0. The van der Waals surface area contributed by atoms with Gasteiger partial charge in [-0.2, -0.15) is 0 Å². The maximum atomic E-state index is 10.0. The van der Waals surface area contributed by atoms with Crippen LogP contribution in [-0.2, 0) is 6.54 Å². The van der Waals surface area contributed by atoms with Crippen LogP contribution in [0.3, 0.4) is 0 Å². The van der Waals surface area contributed by atoms with Gasteiger partial charge in [-0.05, 0) is 36.8 Å².